The van der Waals surface area contributed by atoms with Crippen molar-refractivity contribution in [1.82, 2.24) is 13.7 Å². The van der Waals surface area contributed by atoms with Crippen molar-refractivity contribution in [3.63, 3.8) is 0 Å². The third-order valence-electron chi connectivity index (χ3n) is 33.3. The fourth-order valence-corrected chi connectivity index (χ4v) is 30.3. The molecule has 33 rings (SSSR count). The van der Waals surface area contributed by atoms with Gasteiger partial charge in [-0.25, -0.2) is 0 Å². The number of fused-ring (bicyclic) bond motifs is 36. The van der Waals surface area contributed by atoms with E-state index in [1.807, 2.05) is 34.0 Å². The first-order valence-electron chi connectivity index (χ1n) is 52.1. The second-order valence-electron chi connectivity index (χ2n) is 46.3. The minimum atomic E-state index is -0.0137. The summed E-state index contributed by atoms with van der Waals surface area (Å²) in [4.78, 5) is 11.6. The van der Waals surface area contributed by atoms with Gasteiger partial charge in [0, 0.05) is 141 Å². The van der Waals surface area contributed by atoms with E-state index in [4.69, 9.17) is 13.3 Å². The molecule has 6 aliphatic heterocycles. The van der Waals surface area contributed by atoms with Crippen LogP contribution in [-0.2, 0) is 21.7 Å². The lowest BCUT2D eigenvalue weighted by atomic mass is 9.33. The first-order valence-corrected chi connectivity index (χ1v) is 54.5. The summed E-state index contributed by atoms with van der Waals surface area (Å²) < 4.78 is 31.9. The molecule has 6 aliphatic rings. The molecular formula is C133H101B3N6O3S3. The number of aromatic nitrogens is 3. The molecule has 708 valence electrons. The molecule has 9 aromatic heterocycles. The van der Waals surface area contributed by atoms with Gasteiger partial charge in [0.25, 0.3) is 20.1 Å². The van der Waals surface area contributed by atoms with Gasteiger partial charge in [-0.1, -0.05) is 308 Å². The minimum absolute atomic E-state index is 0.000213. The van der Waals surface area contributed by atoms with Crippen LogP contribution < -0.4 is 63.9 Å². The number of rotatable bonds is 3. The highest BCUT2D eigenvalue weighted by Gasteiger charge is 2.49. The summed E-state index contributed by atoms with van der Waals surface area (Å²) in [5.74, 6) is 0. The Morgan fingerprint density at radius 3 is 0.912 bits per heavy atom. The van der Waals surface area contributed by atoms with Gasteiger partial charge in [-0.05, 0) is 246 Å². The SMILES string of the molecule is Cc1cc2c3c(c1)-n1c4sc5ccccc5c4c4cccc(c41)B3c1ccc(C(C)(C)C)cc1N2c1cccc2c1oc1cc(C(C)(C)C)ccc12.Cc1cc2c3c(c1)-n1c4sc5ccccc5c4c4cccc(c41)B3c1ccc(C(C)(C)C)cc1N2c1cccc2c1oc1ccccc12.Cc1cc2c3c(c1)-n1c4sc5ccccc5c4c4cccc(c41)B3c1ccc(C(C)(C)C)cc1N2c1cccc2oc3ccccc3c12. The van der Waals surface area contributed by atoms with Gasteiger partial charge in [-0.3, -0.25) is 0 Å². The molecule has 0 spiro atoms. The molecule has 0 bridgehead atoms. The van der Waals surface area contributed by atoms with Crippen molar-refractivity contribution in [3.8, 4) is 17.1 Å². The average molecular weight is 1960 g/mol. The zero-order valence-electron chi connectivity index (χ0n) is 85.2. The van der Waals surface area contributed by atoms with E-state index in [2.05, 4.69) is 472 Å². The van der Waals surface area contributed by atoms with Crippen molar-refractivity contribution in [1.29, 1.82) is 0 Å². The third kappa shape index (κ3) is 11.9. The Morgan fingerprint density at radius 2 is 0.507 bits per heavy atom. The summed E-state index contributed by atoms with van der Waals surface area (Å²) in [6.07, 6.45) is 0. The molecule has 0 aliphatic carbocycles. The Bertz CT molecular complexity index is 10600. The summed E-state index contributed by atoms with van der Waals surface area (Å²) in [5, 5.41) is 19.1. The topological polar surface area (TPSA) is 63.9 Å². The Morgan fingerprint density at radius 1 is 0.209 bits per heavy atom. The molecule has 0 unspecified atom stereocenters. The van der Waals surface area contributed by atoms with E-state index < -0.39 is 0 Å². The monoisotopic (exact) mass is 1960 g/mol. The van der Waals surface area contributed by atoms with E-state index in [-0.39, 0.29) is 41.8 Å². The lowest BCUT2D eigenvalue weighted by molar-refractivity contribution is 0.587. The lowest BCUT2D eigenvalue weighted by Crippen LogP contribution is -2.60. The van der Waals surface area contributed by atoms with Gasteiger partial charge >= 0.3 is 0 Å². The molecule has 0 saturated carbocycles. The molecule has 0 radical (unpaired) electrons. The number of nitrogens with zero attached hydrogens (tertiary/aromatic N) is 6. The molecule has 0 atom stereocenters. The fourth-order valence-electron chi connectivity index (χ4n) is 26.6. The molecular weight excluding hydrogens is 1860 g/mol. The van der Waals surface area contributed by atoms with Gasteiger partial charge in [0.15, 0.2) is 11.2 Å². The largest absolute Gasteiger partial charge is 0.456 e. The second kappa shape index (κ2) is 30.3. The molecule has 0 saturated heterocycles. The van der Waals surface area contributed by atoms with E-state index in [0.29, 0.717) is 0 Å². The highest BCUT2D eigenvalue weighted by atomic mass is 32.1. The summed E-state index contributed by atoms with van der Waals surface area (Å²) >= 11 is 5.73. The highest BCUT2D eigenvalue weighted by molar-refractivity contribution is 7.27. The van der Waals surface area contributed by atoms with Crippen LogP contribution >= 0.6 is 34.0 Å². The lowest BCUT2D eigenvalue weighted by Gasteiger charge is -2.41. The Labute approximate surface area is 870 Å². The number of aryl methyl sites for hydroxylation is 3. The maximum atomic E-state index is 6.96. The normalized spacial score (nSPS) is 13.8. The maximum absolute atomic E-state index is 6.96. The number of benzene rings is 18. The van der Waals surface area contributed by atoms with Crippen LogP contribution in [0.3, 0.4) is 0 Å². The number of thiophene rings is 3. The van der Waals surface area contributed by atoms with E-state index in [1.165, 1.54) is 233 Å². The summed E-state index contributed by atoms with van der Waals surface area (Å²) in [7, 11) is 0. The highest BCUT2D eigenvalue weighted by Crippen LogP contribution is 2.56. The van der Waals surface area contributed by atoms with Crippen LogP contribution in [0.4, 0.5) is 51.2 Å². The zero-order valence-corrected chi connectivity index (χ0v) is 87.6. The molecule has 18 aromatic carbocycles. The van der Waals surface area contributed by atoms with Crippen LogP contribution in [-0.4, -0.2) is 33.8 Å². The number of hydrogen-bond acceptors (Lipinski definition) is 9. The molecule has 148 heavy (non-hydrogen) atoms. The van der Waals surface area contributed by atoms with Gasteiger partial charge in [0.2, 0.25) is 0 Å². The van der Waals surface area contributed by atoms with Crippen LogP contribution in [0.2, 0.25) is 0 Å². The van der Waals surface area contributed by atoms with Crippen molar-refractivity contribution in [2.24, 2.45) is 0 Å². The molecule has 9 nitrogen and oxygen atoms in total. The van der Waals surface area contributed by atoms with Gasteiger partial charge in [0.05, 0.1) is 39.0 Å². The average Bonchev–Trinajstić information content (AvgIpc) is 1.49. The Hall–Kier alpha value is -15.8. The first kappa shape index (κ1) is 86.5. The quantitative estimate of drug-likeness (QED) is 0.164. The molecule has 15 heterocycles. The maximum Gasteiger partial charge on any atom is 0.252 e. The van der Waals surface area contributed by atoms with Crippen LogP contribution in [0, 0.1) is 20.8 Å². The summed E-state index contributed by atoms with van der Waals surface area (Å²) in [5.41, 5.74) is 45.4. The number of hydrogen-bond donors (Lipinski definition) is 0. The Balaban J connectivity index is 0.000000100. The third-order valence-corrected chi connectivity index (χ3v) is 36.8. The molecule has 27 aromatic rings. The number of furan rings is 3. The van der Waals surface area contributed by atoms with E-state index >= 15 is 0 Å². The van der Waals surface area contributed by atoms with Gasteiger partial charge < -0.3 is 41.7 Å². The van der Waals surface area contributed by atoms with Gasteiger partial charge in [-0.2, -0.15) is 0 Å². The predicted octanol–water partition coefficient (Wildman–Crippen LogP) is 31.6. The minimum Gasteiger partial charge on any atom is -0.456 e. The number of anilines is 9. The van der Waals surface area contributed by atoms with Crippen molar-refractivity contribution in [2.45, 2.75) is 126 Å². The van der Waals surface area contributed by atoms with Crippen molar-refractivity contribution in [2.75, 3.05) is 14.7 Å². The van der Waals surface area contributed by atoms with Crippen LogP contribution in [0.25, 0.3) is 176 Å². The van der Waals surface area contributed by atoms with Crippen molar-refractivity contribution in [3.05, 3.63) is 379 Å². The van der Waals surface area contributed by atoms with Crippen LogP contribution in [0.5, 0.6) is 0 Å². The van der Waals surface area contributed by atoms with Gasteiger partial charge in [-0.15, -0.1) is 34.0 Å². The van der Waals surface area contributed by atoms with Crippen LogP contribution in [0.1, 0.15) is 122 Å². The Kier molecular flexibility index (Phi) is 17.7. The van der Waals surface area contributed by atoms with Crippen molar-refractivity contribution < 1.29 is 13.3 Å². The van der Waals surface area contributed by atoms with Crippen molar-refractivity contribution >= 4 is 314 Å². The molecule has 0 N–H and O–H groups in total. The zero-order chi connectivity index (χ0) is 99.5. The van der Waals surface area contributed by atoms with Crippen LogP contribution in [0.15, 0.2) is 353 Å². The standard InChI is InChI=1S/C47H39BN2OS.2C43H31BN2OS/c1-26-22-37-42-38(23-26)50-43-32(41-31-12-8-9-17-40(31)52-45(41)50)14-10-15-34(43)48(42)33-21-19-27(46(2,3)4)24-36(33)49(37)35-16-11-13-30-29-20-18-28(47(5,6)7)25-39(29)51-44(30)35;1-24-21-34-39-35(22-24)46-40-29(38-28-12-6-8-18-37(28)48-42(38)46)14-9-15-31(40)44(39)30-20-19-25(43(2,3)4)23-33(30)45(34)32-16-10-13-27-26-11-5-7-17-36(26)47-41(27)32;1-24-21-33-40-34(22-24)46-41-28(38-27-12-6-8-18-37(27)48-42(38)46)13-9-14-30(41)44(40)29-20-19-25(43(2,3)4)23-32(29)45(33)31-15-10-17-36-39(31)26-11-5-7-16-35(26)47-36/h8-25H,1-7H3;2*5-23H,1-4H3. The molecule has 15 heteroatoms. The number of para-hydroxylation sites is 7. The molecule has 0 amide bonds. The van der Waals surface area contributed by atoms with E-state index in [1.54, 1.807) is 0 Å². The summed E-state index contributed by atoms with van der Waals surface area (Å²) in [6.45, 7) is 34.7. The second-order valence-corrected chi connectivity index (χ2v) is 49.4. The first-order chi connectivity index (χ1) is 71.7. The van der Waals surface area contributed by atoms with Gasteiger partial charge in [0.1, 0.15) is 36.8 Å². The summed E-state index contributed by atoms with van der Waals surface area (Å²) in [6, 6.07) is 127. The van der Waals surface area contributed by atoms with E-state index in [0.717, 1.165) is 82.9 Å². The van der Waals surface area contributed by atoms with E-state index in [9.17, 15) is 0 Å². The molecule has 0 fully saturated rings. The fraction of sp³-hybridized carbons (Fsp3) is 0.143. The smallest absolute Gasteiger partial charge is 0.252 e. The predicted molar refractivity (Wildman–Crippen MR) is 637 cm³/mol.